The standard InChI is InChI=1S/C15H16N2O4/c1-4-11-13(9(2)21-16-11)14(18)17(3)12-8-6-5-7-10(12)15(19)20/h5-8H,4H2,1-3H3,(H,19,20). The first kappa shape index (κ1) is 14.8. The summed E-state index contributed by atoms with van der Waals surface area (Å²) in [6, 6.07) is 6.36. The molecule has 0 spiro atoms. The third-order valence-electron chi connectivity index (χ3n) is 3.28. The van der Waals surface area contributed by atoms with Crippen LogP contribution in [0.15, 0.2) is 28.8 Å². The molecule has 0 aliphatic heterocycles. The van der Waals surface area contributed by atoms with Crippen molar-refractivity contribution in [2.75, 3.05) is 11.9 Å². The van der Waals surface area contributed by atoms with Crippen LogP contribution in [0.25, 0.3) is 0 Å². The van der Waals surface area contributed by atoms with Gasteiger partial charge in [-0.2, -0.15) is 0 Å². The number of rotatable bonds is 4. The smallest absolute Gasteiger partial charge is 0.337 e. The van der Waals surface area contributed by atoms with Gasteiger partial charge in [-0.1, -0.05) is 24.2 Å². The molecule has 0 aliphatic carbocycles. The summed E-state index contributed by atoms with van der Waals surface area (Å²) < 4.78 is 5.06. The summed E-state index contributed by atoms with van der Waals surface area (Å²) in [6.07, 6.45) is 0.562. The first-order valence-electron chi connectivity index (χ1n) is 6.52. The maximum atomic E-state index is 12.6. The zero-order chi connectivity index (χ0) is 15.6. The van der Waals surface area contributed by atoms with Gasteiger partial charge in [0, 0.05) is 7.05 Å². The Bertz CT molecular complexity index is 691. The summed E-state index contributed by atoms with van der Waals surface area (Å²) in [7, 11) is 1.54. The summed E-state index contributed by atoms with van der Waals surface area (Å²) in [6.45, 7) is 3.54. The molecule has 0 atom stereocenters. The first-order valence-corrected chi connectivity index (χ1v) is 6.52. The Morgan fingerprint density at radius 1 is 1.33 bits per heavy atom. The Labute approximate surface area is 122 Å². The van der Waals surface area contributed by atoms with Crippen LogP contribution in [-0.2, 0) is 6.42 Å². The largest absolute Gasteiger partial charge is 0.478 e. The van der Waals surface area contributed by atoms with Crippen molar-refractivity contribution in [1.29, 1.82) is 0 Å². The van der Waals surface area contributed by atoms with Crippen molar-refractivity contribution in [1.82, 2.24) is 5.16 Å². The number of hydrogen-bond donors (Lipinski definition) is 1. The van der Waals surface area contributed by atoms with Crippen molar-refractivity contribution in [3.05, 3.63) is 46.8 Å². The van der Waals surface area contributed by atoms with E-state index in [0.717, 1.165) is 0 Å². The Morgan fingerprint density at radius 3 is 2.62 bits per heavy atom. The molecule has 0 aliphatic rings. The Balaban J connectivity index is 2.45. The van der Waals surface area contributed by atoms with Gasteiger partial charge in [-0.15, -0.1) is 0 Å². The lowest BCUT2D eigenvalue weighted by atomic mass is 10.1. The minimum Gasteiger partial charge on any atom is -0.478 e. The second-order valence-electron chi connectivity index (χ2n) is 4.60. The van der Waals surface area contributed by atoms with Crippen LogP contribution in [0.5, 0.6) is 0 Å². The van der Waals surface area contributed by atoms with Gasteiger partial charge in [0.2, 0.25) is 0 Å². The van der Waals surface area contributed by atoms with Gasteiger partial charge in [0.25, 0.3) is 5.91 Å². The fourth-order valence-corrected chi connectivity index (χ4v) is 2.16. The van der Waals surface area contributed by atoms with E-state index in [0.29, 0.717) is 29.1 Å². The normalized spacial score (nSPS) is 10.4. The number of para-hydroxylation sites is 1. The Morgan fingerprint density at radius 2 is 2.00 bits per heavy atom. The number of aromatic nitrogens is 1. The van der Waals surface area contributed by atoms with Crippen molar-refractivity contribution in [2.24, 2.45) is 0 Å². The van der Waals surface area contributed by atoms with E-state index in [4.69, 9.17) is 4.52 Å². The molecule has 21 heavy (non-hydrogen) atoms. The molecule has 1 N–H and O–H groups in total. The van der Waals surface area contributed by atoms with Gasteiger partial charge in [0.05, 0.1) is 16.9 Å². The van der Waals surface area contributed by atoms with Crippen molar-refractivity contribution in [2.45, 2.75) is 20.3 Å². The SMILES string of the molecule is CCc1noc(C)c1C(=O)N(C)c1ccccc1C(=O)O. The highest BCUT2D eigenvalue weighted by atomic mass is 16.5. The third kappa shape index (κ3) is 2.65. The fraction of sp³-hybridized carbons (Fsp3) is 0.267. The van der Waals surface area contributed by atoms with Crippen LogP contribution < -0.4 is 4.90 Å². The van der Waals surface area contributed by atoms with Crippen molar-refractivity contribution < 1.29 is 19.2 Å². The number of hydrogen-bond acceptors (Lipinski definition) is 4. The highest BCUT2D eigenvalue weighted by Gasteiger charge is 2.25. The summed E-state index contributed by atoms with van der Waals surface area (Å²) in [5.41, 5.74) is 1.36. The van der Waals surface area contributed by atoms with Gasteiger partial charge < -0.3 is 14.5 Å². The second kappa shape index (κ2) is 5.78. The number of carbonyl (C=O) groups excluding carboxylic acids is 1. The lowest BCUT2D eigenvalue weighted by Gasteiger charge is -2.19. The molecule has 1 aromatic carbocycles. The predicted octanol–water partition coefficient (Wildman–Crippen LogP) is 2.52. The summed E-state index contributed by atoms with van der Waals surface area (Å²) in [4.78, 5) is 25.2. The van der Waals surface area contributed by atoms with Gasteiger partial charge in [-0.25, -0.2) is 4.79 Å². The number of carboxylic acids is 1. The van der Waals surface area contributed by atoms with E-state index in [1.807, 2.05) is 6.92 Å². The number of benzene rings is 1. The fourth-order valence-electron chi connectivity index (χ4n) is 2.16. The van der Waals surface area contributed by atoms with E-state index >= 15 is 0 Å². The highest BCUT2D eigenvalue weighted by Crippen LogP contribution is 2.23. The van der Waals surface area contributed by atoms with Crippen molar-refractivity contribution in [3.8, 4) is 0 Å². The molecule has 2 rings (SSSR count). The molecule has 0 saturated heterocycles. The first-order chi connectivity index (χ1) is 9.97. The van der Waals surface area contributed by atoms with Gasteiger partial charge >= 0.3 is 5.97 Å². The van der Waals surface area contributed by atoms with E-state index in [-0.39, 0.29) is 11.5 Å². The molecule has 1 heterocycles. The molecule has 6 nitrogen and oxygen atoms in total. The number of nitrogens with zero attached hydrogens (tertiary/aromatic N) is 2. The quantitative estimate of drug-likeness (QED) is 0.934. The number of carboxylic acid groups (broad SMARTS) is 1. The summed E-state index contributed by atoms with van der Waals surface area (Å²) in [5, 5.41) is 13.1. The highest BCUT2D eigenvalue weighted by molar-refractivity contribution is 6.10. The molecule has 0 saturated carbocycles. The monoisotopic (exact) mass is 288 g/mol. The minimum absolute atomic E-state index is 0.0699. The Kier molecular flexibility index (Phi) is 4.07. The lowest BCUT2D eigenvalue weighted by Crippen LogP contribution is -2.29. The average molecular weight is 288 g/mol. The number of aromatic carboxylic acids is 1. The maximum absolute atomic E-state index is 12.6. The molecule has 0 fully saturated rings. The number of amides is 1. The molecule has 2 aromatic rings. The summed E-state index contributed by atoms with van der Waals surface area (Å²) >= 11 is 0. The third-order valence-corrected chi connectivity index (χ3v) is 3.28. The van der Waals surface area contributed by atoms with E-state index in [2.05, 4.69) is 5.16 Å². The number of anilines is 1. The topological polar surface area (TPSA) is 83.6 Å². The molecule has 0 radical (unpaired) electrons. The van der Waals surface area contributed by atoms with Crippen LogP contribution >= 0.6 is 0 Å². The summed E-state index contributed by atoms with van der Waals surface area (Å²) in [5.74, 6) is -0.987. The molecule has 0 bridgehead atoms. The maximum Gasteiger partial charge on any atom is 0.337 e. The molecule has 1 aromatic heterocycles. The van der Waals surface area contributed by atoms with Crippen molar-refractivity contribution in [3.63, 3.8) is 0 Å². The number of carbonyl (C=O) groups is 2. The van der Waals surface area contributed by atoms with Gasteiger partial charge in [0.15, 0.2) is 0 Å². The lowest BCUT2D eigenvalue weighted by molar-refractivity contribution is 0.0697. The minimum atomic E-state index is -1.08. The van der Waals surface area contributed by atoms with Crippen molar-refractivity contribution >= 4 is 17.6 Å². The molecule has 6 heteroatoms. The predicted molar refractivity (Wildman–Crippen MR) is 76.8 cm³/mol. The van der Waals surface area contributed by atoms with Crippen LogP contribution in [0.4, 0.5) is 5.69 Å². The molecule has 0 unspecified atom stereocenters. The van der Waals surface area contributed by atoms with Crippen LogP contribution in [0.1, 0.15) is 39.1 Å². The van der Waals surface area contributed by atoms with E-state index < -0.39 is 5.97 Å². The van der Waals surface area contributed by atoms with Crippen LogP contribution in [-0.4, -0.2) is 29.2 Å². The zero-order valence-electron chi connectivity index (χ0n) is 12.1. The van der Waals surface area contributed by atoms with E-state index in [1.54, 1.807) is 25.1 Å². The molecule has 110 valence electrons. The van der Waals surface area contributed by atoms with Gasteiger partial charge in [-0.3, -0.25) is 4.79 Å². The Hall–Kier alpha value is -2.63. The molecular formula is C15H16N2O4. The average Bonchev–Trinajstić information content (AvgIpc) is 2.86. The van der Waals surface area contributed by atoms with E-state index in [1.165, 1.54) is 18.0 Å². The van der Waals surface area contributed by atoms with Crippen LogP contribution in [0.3, 0.4) is 0 Å². The number of aryl methyl sites for hydroxylation is 2. The second-order valence-corrected chi connectivity index (χ2v) is 4.60. The van der Waals surface area contributed by atoms with Gasteiger partial charge in [-0.05, 0) is 25.5 Å². The molecular weight excluding hydrogens is 272 g/mol. The zero-order valence-corrected chi connectivity index (χ0v) is 12.1. The van der Waals surface area contributed by atoms with Crippen LogP contribution in [0, 0.1) is 6.92 Å². The van der Waals surface area contributed by atoms with Gasteiger partial charge in [0.1, 0.15) is 11.3 Å². The molecule has 1 amide bonds. The van der Waals surface area contributed by atoms with Crippen LogP contribution in [0.2, 0.25) is 0 Å². The van der Waals surface area contributed by atoms with E-state index in [9.17, 15) is 14.7 Å².